The summed E-state index contributed by atoms with van der Waals surface area (Å²) >= 11 is 0. The summed E-state index contributed by atoms with van der Waals surface area (Å²) in [6.07, 6.45) is 8.63. The second-order valence-electron chi connectivity index (χ2n) is 8.81. The largest absolute Gasteiger partial charge is 0.341 e. The van der Waals surface area contributed by atoms with Gasteiger partial charge in [0.15, 0.2) is 0 Å². The minimum atomic E-state index is 0.0957. The number of nitrogens with zero attached hydrogens (tertiary/aromatic N) is 5. The topological polar surface area (TPSA) is 60.9 Å². The van der Waals surface area contributed by atoms with Crippen molar-refractivity contribution in [2.75, 3.05) is 24.5 Å². The SMILES string of the molecule is CC(C)(C)c1cc(CN2CCCC23CCN(c2ncccn2)CC3)[nH]n1. The molecule has 2 aliphatic heterocycles. The minimum Gasteiger partial charge on any atom is -0.341 e. The van der Waals surface area contributed by atoms with Crippen LogP contribution in [0.15, 0.2) is 24.5 Å². The summed E-state index contributed by atoms with van der Waals surface area (Å²) in [6, 6.07) is 4.13. The first-order chi connectivity index (χ1) is 12.5. The van der Waals surface area contributed by atoms with Crippen molar-refractivity contribution in [1.29, 1.82) is 0 Å². The van der Waals surface area contributed by atoms with E-state index >= 15 is 0 Å². The second kappa shape index (κ2) is 6.65. The number of piperidine rings is 1. The van der Waals surface area contributed by atoms with Crippen molar-refractivity contribution in [3.05, 3.63) is 35.9 Å². The zero-order valence-electron chi connectivity index (χ0n) is 16.2. The first-order valence-electron chi connectivity index (χ1n) is 9.78. The number of likely N-dealkylation sites (tertiary alicyclic amines) is 1. The fourth-order valence-corrected chi connectivity index (χ4v) is 4.42. The van der Waals surface area contributed by atoms with Crippen LogP contribution in [-0.2, 0) is 12.0 Å². The lowest BCUT2D eigenvalue weighted by atomic mass is 9.85. The Labute approximate surface area is 156 Å². The van der Waals surface area contributed by atoms with Crippen molar-refractivity contribution >= 4 is 5.95 Å². The van der Waals surface area contributed by atoms with E-state index in [1.807, 2.05) is 18.5 Å². The van der Waals surface area contributed by atoms with Crippen LogP contribution < -0.4 is 4.90 Å². The van der Waals surface area contributed by atoms with Crippen molar-refractivity contribution in [3.63, 3.8) is 0 Å². The molecule has 6 heteroatoms. The Morgan fingerprint density at radius 1 is 1.08 bits per heavy atom. The van der Waals surface area contributed by atoms with Crippen LogP contribution in [0, 0.1) is 0 Å². The summed E-state index contributed by atoms with van der Waals surface area (Å²) in [5.74, 6) is 0.871. The van der Waals surface area contributed by atoms with Crippen LogP contribution in [0.3, 0.4) is 0 Å². The third-order valence-electron chi connectivity index (χ3n) is 6.03. The maximum atomic E-state index is 4.54. The van der Waals surface area contributed by atoms with E-state index in [0.29, 0.717) is 5.54 Å². The average molecular weight is 355 g/mol. The van der Waals surface area contributed by atoms with Gasteiger partial charge in [0, 0.05) is 48.7 Å². The fraction of sp³-hybridized carbons (Fsp3) is 0.650. The molecule has 0 radical (unpaired) electrons. The van der Waals surface area contributed by atoms with Gasteiger partial charge < -0.3 is 4.90 Å². The van der Waals surface area contributed by atoms with Crippen LogP contribution >= 0.6 is 0 Å². The number of aromatic nitrogens is 4. The molecule has 0 saturated carbocycles. The highest BCUT2D eigenvalue weighted by Crippen LogP contribution is 2.39. The van der Waals surface area contributed by atoms with Gasteiger partial charge >= 0.3 is 0 Å². The van der Waals surface area contributed by atoms with Gasteiger partial charge in [-0.1, -0.05) is 20.8 Å². The third-order valence-corrected chi connectivity index (χ3v) is 6.03. The van der Waals surface area contributed by atoms with Crippen molar-refractivity contribution in [1.82, 2.24) is 25.1 Å². The summed E-state index contributed by atoms with van der Waals surface area (Å²) < 4.78 is 0. The summed E-state index contributed by atoms with van der Waals surface area (Å²) in [5.41, 5.74) is 2.82. The van der Waals surface area contributed by atoms with E-state index in [1.165, 1.54) is 37.9 Å². The van der Waals surface area contributed by atoms with Gasteiger partial charge in [0.25, 0.3) is 0 Å². The van der Waals surface area contributed by atoms with Gasteiger partial charge in [-0.2, -0.15) is 5.10 Å². The molecule has 0 amide bonds. The van der Waals surface area contributed by atoms with E-state index < -0.39 is 0 Å². The minimum absolute atomic E-state index is 0.0957. The number of nitrogens with one attached hydrogen (secondary N) is 1. The zero-order chi connectivity index (χ0) is 18.2. The molecule has 140 valence electrons. The molecule has 0 aliphatic carbocycles. The highest BCUT2D eigenvalue weighted by Gasteiger charge is 2.43. The first-order valence-corrected chi connectivity index (χ1v) is 9.78. The van der Waals surface area contributed by atoms with Crippen molar-refractivity contribution < 1.29 is 0 Å². The number of anilines is 1. The monoisotopic (exact) mass is 354 g/mol. The first kappa shape index (κ1) is 17.5. The molecule has 4 rings (SSSR count). The van der Waals surface area contributed by atoms with Crippen LogP contribution in [0.25, 0.3) is 0 Å². The summed E-state index contributed by atoms with van der Waals surface area (Å²) in [7, 11) is 0. The maximum absolute atomic E-state index is 4.54. The Hall–Kier alpha value is -1.95. The van der Waals surface area contributed by atoms with Crippen molar-refractivity contribution in [2.24, 2.45) is 0 Å². The summed E-state index contributed by atoms with van der Waals surface area (Å²) in [4.78, 5) is 13.9. The number of hydrogen-bond acceptors (Lipinski definition) is 5. The number of H-pyrrole nitrogens is 1. The number of hydrogen-bond donors (Lipinski definition) is 1. The summed E-state index contributed by atoms with van der Waals surface area (Å²) in [6.45, 7) is 10.9. The lowest BCUT2D eigenvalue weighted by Crippen LogP contribution is -2.52. The molecular formula is C20H30N6. The molecule has 1 N–H and O–H groups in total. The standard InChI is InChI=1S/C20H30N6/c1-19(2,3)17-14-16(23-24-17)15-26-11-4-6-20(26)7-12-25(13-8-20)18-21-9-5-10-22-18/h5,9-10,14H,4,6-8,11-13,15H2,1-3H3,(H,23,24). The van der Waals surface area contributed by atoms with E-state index in [2.05, 4.69) is 56.8 Å². The smallest absolute Gasteiger partial charge is 0.225 e. The Morgan fingerprint density at radius 2 is 1.81 bits per heavy atom. The maximum Gasteiger partial charge on any atom is 0.225 e. The normalized spacial score (nSPS) is 20.8. The van der Waals surface area contributed by atoms with Gasteiger partial charge in [-0.05, 0) is 44.4 Å². The molecule has 0 aromatic carbocycles. The molecule has 2 aliphatic rings. The van der Waals surface area contributed by atoms with Gasteiger partial charge in [-0.25, -0.2) is 9.97 Å². The molecule has 0 bridgehead atoms. The fourth-order valence-electron chi connectivity index (χ4n) is 4.42. The van der Waals surface area contributed by atoms with Gasteiger partial charge in [0.1, 0.15) is 0 Å². The zero-order valence-corrected chi connectivity index (χ0v) is 16.2. The molecule has 2 fully saturated rings. The highest BCUT2D eigenvalue weighted by molar-refractivity contribution is 5.30. The predicted octanol–water partition coefficient (Wildman–Crippen LogP) is 3.13. The van der Waals surface area contributed by atoms with Crippen molar-refractivity contribution in [2.45, 2.75) is 64.0 Å². The van der Waals surface area contributed by atoms with Crippen LogP contribution in [0.1, 0.15) is 57.8 Å². The molecule has 26 heavy (non-hydrogen) atoms. The van der Waals surface area contributed by atoms with Gasteiger partial charge in [0.2, 0.25) is 5.95 Å². The van der Waals surface area contributed by atoms with E-state index in [4.69, 9.17) is 0 Å². The molecule has 0 atom stereocenters. The van der Waals surface area contributed by atoms with Gasteiger partial charge in [-0.3, -0.25) is 10.00 Å². The van der Waals surface area contributed by atoms with E-state index in [9.17, 15) is 0 Å². The summed E-state index contributed by atoms with van der Waals surface area (Å²) in [5, 5.41) is 7.81. The number of rotatable bonds is 3. The Morgan fingerprint density at radius 3 is 2.46 bits per heavy atom. The van der Waals surface area contributed by atoms with Crippen LogP contribution in [0.5, 0.6) is 0 Å². The molecular weight excluding hydrogens is 324 g/mol. The molecule has 2 saturated heterocycles. The quantitative estimate of drug-likeness (QED) is 0.917. The Bertz CT molecular complexity index is 724. The highest BCUT2D eigenvalue weighted by atomic mass is 15.3. The van der Waals surface area contributed by atoms with Gasteiger partial charge in [0.05, 0.1) is 5.69 Å². The lowest BCUT2D eigenvalue weighted by Gasteiger charge is -2.45. The molecule has 6 nitrogen and oxygen atoms in total. The molecule has 0 unspecified atom stereocenters. The third kappa shape index (κ3) is 3.34. The van der Waals surface area contributed by atoms with Crippen molar-refractivity contribution in [3.8, 4) is 0 Å². The predicted molar refractivity (Wildman–Crippen MR) is 103 cm³/mol. The van der Waals surface area contributed by atoms with Gasteiger partial charge in [-0.15, -0.1) is 0 Å². The molecule has 1 spiro atoms. The number of aromatic amines is 1. The van der Waals surface area contributed by atoms with Crippen LogP contribution in [0.4, 0.5) is 5.95 Å². The lowest BCUT2D eigenvalue weighted by molar-refractivity contribution is 0.0981. The Kier molecular flexibility index (Phi) is 4.47. The molecule has 4 heterocycles. The van der Waals surface area contributed by atoms with E-state index in [0.717, 1.165) is 31.3 Å². The molecule has 2 aromatic heterocycles. The average Bonchev–Trinajstić information content (AvgIpc) is 3.25. The van der Waals surface area contributed by atoms with E-state index in [-0.39, 0.29) is 5.41 Å². The van der Waals surface area contributed by atoms with Crippen LogP contribution in [0.2, 0.25) is 0 Å². The Balaban J connectivity index is 1.43. The van der Waals surface area contributed by atoms with Crippen LogP contribution in [-0.4, -0.2) is 50.2 Å². The molecule has 2 aromatic rings. The second-order valence-corrected chi connectivity index (χ2v) is 8.81. The van der Waals surface area contributed by atoms with E-state index in [1.54, 1.807) is 0 Å².